The van der Waals surface area contributed by atoms with E-state index in [1.165, 1.54) is 135 Å². The first-order chi connectivity index (χ1) is 20.0. The molecular weight excluding hydrogens is 728 g/mol. The van der Waals surface area contributed by atoms with Gasteiger partial charge in [-0.2, -0.15) is 0 Å². The zero-order valence-electron chi connectivity index (χ0n) is 27.9. The summed E-state index contributed by atoms with van der Waals surface area (Å²) < 4.78 is 0. The first kappa shape index (κ1) is 50.0. The molecule has 0 aliphatic carbocycles. The number of hydrogen-bond donors (Lipinski definition) is 1. The average Bonchev–Trinajstić information content (AvgIpc) is 2.95. The van der Waals surface area contributed by atoms with Crippen LogP contribution in [0.15, 0.2) is 12.2 Å². The first-order valence-electron chi connectivity index (χ1n) is 17.7. The van der Waals surface area contributed by atoms with Crippen molar-refractivity contribution in [3.63, 3.8) is 0 Å². The minimum atomic E-state index is -1.34. The predicted molar refractivity (Wildman–Crippen MR) is 170 cm³/mol. The van der Waals surface area contributed by atoms with Crippen LogP contribution < -0.4 is 10.2 Å². The minimum absolute atomic E-state index is 0. The van der Waals surface area contributed by atoms with E-state index >= 15 is 0 Å². The number of unbranched alkanes of at least 4 members (excludes halogenated alkanes) is 24. The summed E-state index contributed by atoms with van der Waals surface area (Å²) in [5.74, 6) is -2.26. The predicted octanol–water partition coefficient (Wildman–Crippen LogP) is 8.74. The molecule has 43 heavy (non-hydrogen) atoms. The number of aliphatic carboxylic acids is 2. The van der Waals surface area contributed by atoms with Gasteiger partial charge in [-0.05, 0) is 44.9 Å². The number of carbonyl (C=O) groups is 2. The van der Waals surface area contributed by atoms with Gasteiger partial charge >= 0.3 is 44.8 Å². The van der Waals surface area contributed by atoms with Gasteiger partial charge in [0.05, 0.1) is 12.1 Å². The second kappa shape index (κ2) is 44.2. The maximum atomic E-state index is 10.3. The molecule has 7 heteroatoms. The van der Waals surface area contributed by atoms with Crippen LogP contribution >= 0.6 is 0 Å². The van der Waals surface area contributed by atoms with Crippen molar-refractivity contribution in [2.75, 3.05) is 0 Å². The number of aliphatic hydroxyl groups is 1. The molecule has 0 aromatic carbocycles. The van der Waals surface area contributed by atoms with Gasteiger partial charge in [0.1, 0.15) is 0 Å². The smallest absolute Gasteiger partial charge is 0.550 e. The molecule has 0 fully saturated rings. The molecule has 0 radical (unpaired) electrons. The Balaban J connectivity index is -0.000000338. The molecule has 1 N–H and O–H groups in total. The molecule has 0 aliphatic rings. The van der Waals surface area contributed by atoms with Crippen LogP contribution in [0.4, 0.5) is 0 Å². The third-order valence-corrected chi connectivity index (χ3v) is 7.75. The maximum Gasteiger partial charge on any atom is 1.00 e. The van der Waals surface area contributed by atoms with Gasteiger partial charge in [-0.3, -0.25) is 0 Å². The number of hydrogen-bond acceptors (Lipinski definition) is 5. The number of carboxylic acid groups (broad SMARTS) is 2. The summed E-state index contributed by atoms with van der Waals surface area (Å²) in [4.78, 5) is 20.5. The van der Waals surface area contributed by atoms with E-state index in [0.717, 1.165) is 38.5 Å². The van der Waals surface area contributed by atoms with Gasteiger partial charge in [0, 0.05) is 5.97 Å². The first-order valence-corrected chi connectivity index (χ1v) is 17.7. The van der Waals surface area contributed by atoms with Crippen LogP contribution in [0.2, 0.25) is 0 Å². The van der Waals surface area contributed by atoms with Crippen LogP contribution in [0.25, 0.3) is 0 Å². The van der Waals surface area contributed by atoms with Crippen molar-refractivity contribution in [1.82, 2.24) is 0 Å². The van der Waals surface area contributed by atoms with Gasteiger partial charge in [0.2, 0.25) is 0 Å². The van der Waals surface area contributed by atoms with Crippen LogP contribution in [-0.4, -0.2) is 23.1 Å². The molecule has 264 valence electrons. The molecule has 5 nitrogen and oxygen atoms in total. The average molecular weight is 797 g/mol. The van der Waals surface area contributed by atoms with Gasteiger partial charge in [0.15, 0.2) is 0 Å². The summed E-state index contributed by atoms with van der Waals surface area (Å²) in [6, 6.07) is 0. The number of allylic oxidation sites excluding steroid dienone is 2. The zero-order chi connectivity index (χ0) is 30.7. The number of carboxylic acids is 2. The molecule has 0 heterocycles. The number of aliphatic hydroxyl groups excluding tert-OH is 1. The Morgan fingerprint density at radius 3 is 1.14 bits per heavy atom. The van der Waals surface area contributed by atoms with Gasteiger partial charge in [-0.1, -0.05) is 167 Å². The van der Waals surface area contributed by atoms with Crippen LogP contribution in [-0.2, 0) is 54.3 Å². The van der Waals surface area contributed by atoms with Crippen molar-refractivity contribution in [3.8, 4) is 0 Å². The Morgan fingerprint density at radius 1 is 0.512 bits per heavy atom. The minimum Gasteiger partial charge on any atom is -0.550 e. The standard InChI is InChI=1S/C18H36O3.C18H34O2.2Ag/c1-2-3-4-5-6-7-8-9-10-11-12-13-14-15-16-17(19)18(20)21;1-2-3-4-5-6-7-8-9-10-11-12-13-14-15-16-17-18(19)20;;/h17,19H,2-16H2,1H3,(H,20,21);9-10H,2-8,11-17H2,1H3,(H,19,20);;/q;;2*+1/p-2/b;10-9-;;. The fourth-order valence-corrected chi connectivity index (χ4v) is 4.99. The fourth-order valence-electron chi connectivity index (χ4n) is 4.99. The van der Waals surface area contributed by atoms with E-state index in [1.807, 2.05) is 0 Å². The Hall–Kier alpha value is 0.121. The largest absolute Gasteiger partial charge is 1.00 e. The van der Waals surface area contributed by atoms with Crippen molar-refractivity contribution in [2.24, 2.45) is 0 Å². The van der Waals surface area contributed by atoms with Crippen molar-refractivity contribution < 1.29 is 69.7 Å². The van der Waals surface area contributed by atoms with Gasteiger partial charge in [0.25, 0.3) is 0 Å². The molecule has 0 saturated carbocycles. The Morgan fingerprint density at radius 2 is 0.814 bits per heavy atom. The van der Waals surface area contributed by atoms with E-state index in [1.54, 1.807) is 0 Å². The van der Waals surface area contributed by atoms with E-state index in [9.17, 15) is 19.8 Å². The van der Waals surface area contributed by atoms with Crippen LogP contribution in [0, 0.1) is 0 Å². The molecular formula is C36H68Ag2O5. The van der Waals surface area contributed by atoms with Gasteiger partial charge < -0.3 is 24.9 Å². The molecule has 0 spiro atoms. The SMILES string of the molecule is CCCCCCCC/C=C\CCCCCCCC(=O)[O-].CCCCCCCCCCCCCCCCC(O)C(=O)[O-].[Ag+].[Ag+]. The van der Waals surface area contributed by atoms with Crippen molar-refractivity contribution in [2.45, 2.75) is 206 Å². The molecule has 1 unspecified atom stereocenters. The van der Waals surface area contributed by atoms with Crippen LogP contribution in [0.1, 0.15) is 200 Å². The molecule has 0 aromatic heterocycles. The molecule has 0 aromatic rings. The van der Waals surface area contributed by atoms with Crippen molar-refractivity contribution in [1.29, 1.82) is 0 Å². The van der Waals surface area contributed by atoms with Crippen LogP contribution in [0.3, 0.4) is 0 Å². The third kappa shape index (κ3) is 49.2. The number of carbonyl (C=O) groups excluding carboxylic acids is 2. The molecule has 0 saturated heterocycles. The quantitative estimate of drug-likeness (QED) is 0.0430. The maximum absolute atomic E-state index is 10.3. The van der Waals surface area contributed by atoms with E-state index in [2.05, 4.69) is 26.0 Å². The normalized spacial score (nSPS) is 11.3. The molecule has 0 rings (SSSR count). The summed E-state index contributed by atoms with van der Waals surface area (Å²) >= 11 is 0. The zero-order valence-corrected chi connectivity index (χ0v) is 30.9. The van der Waals surface area contributed by atoms with E-state index in [0.29, 0.717) is 6.42 Å². The molecule has 0 aliphatic heterocycles. The summed E-state index contributed by atoms with van der Waals surface area (Å²) in [7, 11) is 0. The molecule has 1 atom stereocenters. The van der Waals surface area contributed by atoms with Gasteiger partial charge in [-0.25, -0.2) is 0 Å². The van der Waals surface area contributed by atoms with Crippen molar-refractivity contribution >= 4 is 11.9 Å². The number of rotatable bonds is 31. The summed E-state index contributed by atoms with van der Waals surface area (Å²) in [5.41, 5.74) is 0. The molecule has 0 amide bonds. The van der Waals surface area contributed by atoms with E-state index in [-0.39, 0.29) is 51.2 Å². The summed E-state index contributed by atoms with van der Waals surface area (Å²) in [6.45, 7) is 4.51. The fraction of sp³-hybridized carbons (Fsp3) is 0.889. The third-order valence-electron chi connectivity index (χ3n) is 7.75. The monoisotopic (exact) mass is 794 g/mol. The summed E-state index contributed by atoms with van der Waals surface area (Å²) in [6.07, 6.45) is 37.8. The second-order valence-electron chi connectivity index (χ2n) is 11.9. The Kier molecular flexibility index (Phi) is 51.4. The topological polar surface area (TPSA) is 100 Å². The Bertz CT molecular complexity index is 572. The van der Waals surface area contributed by atoms with E-state index in [4.69, 9.17) is 5.11 Å². The van der Waals surface area contributed by atoms with E-state index < -0.39 is 18.0 Å². The molecule has 0 bridgehead atoms. The van der Waals surface area contributed by atoms with Crippen LogP contribution in [0.5, 0.6) is 0 Å². The van der Waals surface area contributed by atoms with Gasteiger partial charge in [-0.15, -0.1) is 0 Å². The second-order valence-corrected chi connectivity index (χ2v) is 11.9. The van der Waals surface area contributed by atoms with Crippen molar-refractivity contribution in [3.05, 3.63) is 12.2 Å². The summed E-state index contributed by atoms with van der Waals surface area (Å²) in [5, 5.41) is 29.6. The Labute approximate surface area is 298 Å².